The molecule has 1 N–H and O–H groups in total. The van der Waals surface area contributed by atoms with E-state index in [0.717, 1.165) is 9.87 Å². The van der Waals surface area contributed by atoms with Gasteiger partial charge in [-0.25, -0.2) is 8.42 Å². The third kappa shape index (κ3) is 7.97. The van der Waals surface area contributed by atoms with Crippen LogP contribution in [-0.2, 0) is 26.2 Å². The Hall–Kier alpha value is -3.07. The molecule has 1 atom stereocenters. The number of nitrogens with zero attached hydrogens (tertiary/aromatic N) is 2. The van der Waals surface area contributed by atoms with E-state index in [1.165, 1.54) is 17.0 Å². The van der Waals surface area contributed by atoms with Crippen molar-refractivity contribution < 1.29 is 18.0 Å². The number of aryl methyl sites for hydroxylation is 1. The molecule has 0 heterocycles. The van der Waals surface area contributed by atoms with Crippen molar-refractivity contribution >= 4 is 50.7 Å². The van der Waals surface area contributed by atoms with E-state index in [1.54, 1.807) is 61.5 Å². The van der Waals surface area contributed by atoms with Crippen LogP contribution in [0.4, 0.5) is 5.69 Å². The molecule has 39 heavy (non-hydrogen) atoms. The van der Waals surface area contributed by atoms with Gasteiger partial charge in [-0.2, -0.15) is 0 Å². The standard InChI is InChI=1S/C29H33Cl2N3O4S/c1-20(2)17-32-29(36)22(4)33(18-23-13-14-24(30)16-27(23)31)28(35)19-34(25-10-8-9-21(3)15-25)39(37,38)26-11-6-5-7-12-26/h5-16,20,22H,17-19H2,1-4H3,(H,32,36)/t22-/m1/s1. The summed E-state index contributed by atoms with van der Waals surface area (Å²) in [4.78, 5) is 28.4. The molecule has 208 valence electrons. The monoisotopic (exact) mass is 589 g/mol. The number of benzene rings is 3. The summed E-state index contributed by atoms with van der Waals surface area (Å²) in [5, 5.41) is 3.63. The van der Waals surface area contributed by atoms with E-state index >= 15 is 0 Å². The van der Waals surface area contributed by atoms with E-state index in [2.05, 4.69) is 5.32 Å². The summed E-state index contributed by atoms with van der Waals surface area (Å²) in [6, 6.07) is 18.8. The summed E-state index contributed by atoms with van der Waals surface area (Å²) in [5.74, 6) is -0.701. The SMILES string of the molecule is Cc1cccc(N(CC(=O)N(Cc2ccc(Cl)cc2Cl)[C@H](C)C(=O)NCC(C)C)S(=O)(=O)c2ccccc2)c1. The van der Waals surface area contributed by atoms with Crippen molar-refractivity contribution in [3.8, 4) is 0 Å². The molecule has 0 unspecified atom stereocenters. The topological polar surface area (TPSA) is 86.8 Å². The number of rotatable bonds is 11. The lowest BCUT2D eigenvalue weighted by Gasteiger charge is -2.32. The van der Waals surface area contributed by atoms with Gasteiger partial charge in [0.2, 0.25) is 11.8 Å². The summed E-state index contributed by atoms with van der Waals surface area (Å²) in [6.07, 6.45) is 0. The second-order valence-electron chi connectivity index (χ2n) is 9.74. The first-order chi connectivity index (χ1) is 18.4. The second kappa shape index (κ2) is 13.3. The Morgan fingerprint density at radius 2 is 1.62 bits per heavy atom. The highest BCUT2D eigenvalue weighted by Gasteiger charge is 2.32. The Morgan fingerprint density at radius 1 is 0.923 bits per heavy atom. The largest absolute Gasteiger partial charge is 0.354 e. The van der Waals surface area contributed by atoms with Crippen LogP contribution in [0.5, 0.6) is 0 Å². The zero-order valence-corrected chi connectivity index (χ0v) is 24.7. The van der Waals surface area contributed by atoms with Gasteiger partial charge in [0.15, 0.2) is 0 Å². The minimum Gasteiger partial charge on any atom is -0.354 e. The first kappa shape index (κ1) is 30.5. The van der Waals surface area contributed by atoms with Crippen molar-refractivity contribution in [2.45, 2.75) is 45.2 Å². The van der Waals surface area contributed by atoms with Crippen molar-refractivity contribution in [1.82, 2.24) is 10.2 Å². The molecule has 3 aromatic rings. The fourth-order valence-electron chi connectivity index (χ4n) is 3.90. The highest BCUT2D eigenvalue weighted by molar-refractivity contribution is 7.92. The van der Waals surface area contributed by atoms with E-state index in [1.807, 2.05) is 26.8 Å². The smallest absolute Gasteiger partial charge is 0.264 e. The Labute approximate surface area is 240 Å². The molecule has 0 radical (unpaired) electrons. The summed E-state index contributed by atoms with van der Waals surface area (Å²) >= 11 is 12.5. The average Bonchev–Trinajstić information content (AvgIpc) is 2.89. The Balaban J connectivity index is 2.02. The molecule has 0 bridgehead atoms. The predicted molar refractivity (Wildman–Crippen MR) is 156 cm³/mol. The van der Waals surface area contributed by atoms with E-state index in [9.17, 15) is 18.0 Å². The summed E-state index contributed by atoms with van der Waals surface area (Å²) in [6.45, 7) is 7.29. The Bertz CT molecular complexity index is 1420. The van der Waals surface area contributed by atoms with E-state index in [-0.39, 0.29) is 23.3 Å². The highest BCUT2D eigenvalue weighted by atomic mass is 35.5. The quantitative estimate of drug-likeness (QED) is 0.311. The first-order valence-corrected chi connectivity index (χ1v) is 14.7. The highest BCUT2D eigenvalue weighted by Crippen LogP contribution is 2.27. The molecule has 0 aromatic heterocycles. The lowest BCUT2D eigenvalue weighted by molar-refractivity contribution is -0.139. The van der Waals surface area contributed by atoms with Crippen LogP contribution >= 0.6 is 23.2 Å². The van der Waals surface area contributed by atoms with Gasteiger partial charge in [0.25, 0.3) is 10.0 Å². The van der Waals surface area contributed by atoms with Gasteiger partial charge in [-0.3, -0.25) is 13.9 Å². The molecule has 0 saturated carbocycles. The zero-order valence-electron chi connectivity index (χ0n) is 22.4. The molecule has 3 aromatic carbocycles. The van der Waals surface area contributed by atoms with Gasteiger partial charge in [0, 0.05) is 23.1 Å². The fourth-order valence-corrected chi connectivity index (χ4v) is 5.80. The minimum absolute atomic E-state index is 0.0157. The number of hydrogen-bond acceptors (Lipinski definition) is 4. The molecule has 0 fully saturated rings. The molecule has 3 rings (SSSR count). The number of amides is 2. The number of halogens is 2. The molecule has 0 aliphatic heterocycles. The second-order valence-corrected chi connectivity index (χ2v) is 12.4. The summed E-state index contributed by atoms with van der Waals surface area (Å²) in [7, 11) is -4.11. The van der Waals surface area contributed by atoms with Gasteiger partial charge in [-0.15, -0.1) is 0 Å². The van der Waals surface area contributed by atoms with Crippen LogP contribution in [0.3, 0.4) is 0 Å². The third-order valence-corrected chi connectivity index (χ3v) is 8.48. The van der Waals surface area contributed by atoms with Crippen LogP contribution in [0.2, 0.25) is 10.0 Å². The summed E-state index contributed by atoms with van der Waals surface area (Å²) < 4.78 is 28.6. The molecule has 0 aliphatic rings. The zero-order chi connectivity index (χ0) is 28.7. The normalized spacial score (nSPS) is 12.2. The van der Waals surface area contributed by atoms with E-state index < -0.39 is 28.5 Å². The van der Waals surface area contributed by atoms with Gasteiger partial charge in [0.1, 0.15) is 12.6 Å². The maximum absolute atomic E-state index is 13.9. The van der Waals surface area contributed by atoms with Gasteiger partial charge in [0.05, 0.1) is 10.6 Å². The molecule has 0 saturated heterocycles. The molecule has 0 aliphatic carbocycles. The molecular weight excluding hydrogens is 557 g/mol. The van der Waals surface area contributed by atoms with Gasteiger partial charge < -0.3 is 10.2 Å². The van der Waals surface area contributed by atoms with Crippen LogP contribution in [0, 0.1) is 12.8 Å². The van der Waals surface area contributed by atoms with Crippen molar-refractivity contribution in [2.24, 2.45) is 5.92 Å². The molecule has 10 heteroatoms. The molecule has 2 amide bonds. The Kier molecular flexibility index (Phi) is 10.4. The number of nitrogens with one attached hydrogen (secondary N) is 1. The van der Waals surface area contributed by atoms with Crippen molar-refractivity contribution in [2.75, 3.05) is 17.4 Å². The number of carbonyl (C=O) groups excluding carboxylic acids is 2. The third-order valence-electron chi connectivity index (χ3n) is 6.11. The van der Waals surface area contributed by atoms with Crippen LogP contribution in [0.1, 0.15) is 31.9 Å². The maximum atomic E-state index is 13.9. The first-order valence-electron chi connectivity index (χ1n) is 12.6. The molecule has 7 nitrogen and oxygen atoms in total. The van der Waals surface area contributed by atoms with Crippen LogP contribution in [0.15, 0.2) is 77.7 Å². The fraction of sp³-hybridized carbons (Fsp3) is 0.310. The van der Waals surface area contributed by atoms with E-state index in [0.29, 0.717) is 27.8 Å². The Morgan fingerprint density at radius 3 is 2.23 bits per heavy atom. The number of anilines is 1. The lowest BCUT2D eigenvalue weighted by Crippen LogP contribution is -2.51. The van der Waals surface area contributed by atoms with Crippen molar-refractivity contribution in [3.63, 3.8) is 0 Å². The maximum Gasteiger partial charge on any atom is 0.264 e. The van der Waals surface area contributed by atoms with Gasteiger partial charge in [-0.1, -0.05) is 73.4 Å². The predicted octanol–water partition coefficient (Wildman–Crippen LogP) is 5.69. The molecular formula is C29H33Cl2N3O4S. The number of sulfonamides is 1. The van der Waals surface area contributed by atoms with Gasteiger partial charge in [-0.05, 0) is 67.3 Å². The average molecular weight is 591 g/mol. The van der Waals surface area contributed by atoms with Crippen LogP contribution in [-0.4, -0.2) is 44.3 Å². The molecule has 0 spiro atoms. The number of carbonyl (C=O) groups is 2. The van der Waals surface area contributed by atoms with Crippen LogP contribution in [0.25, 0.3) is 0 Å². The van der Waals surface area contributed by atoms with E-state index in [4.69, 9.17) is 23.2 Å². The van der Waals surface area contributed by atoms with Gasteiger partial charge >= 0.3 is 0 Å². The lowest BCUT2D eigenvalue weighted by atomic mass is 10.1. The minimum atomic E-state index is -4.11. The van der Waals surface area contributed by atoms with Crippen molar-refractivity contribution in [1.29, 1.82) is 0 Å². The number of hydrogen-bond donors (Lipinski definition) is 1. The van der Waals surface area contributed by atoms with Crippen molar-refractivity contribution in [3.05, 3.63) is 94.0 Å². The van der Waals surface area contributed by atoms with Crippen LogP contribution < -0.4 is 9.62 Å². The summed E-state index contributed by atoms with van der Waals surface area (Å²) in [5.41, 5.74) is 1.75.